The standard InChI is InChI=1S/C23H31N3O6S2/c1-22(2,3)25-34(30,31)20-12-16(14-32-20)21(27)26-15-23(10-6-5-7-11-23)18-13-17(8-9-19(18)26)24-33(4,28)29/h8-9,12-14,24-25H,5-7,10-11,15H2,1-4H3. The van der Waals surface area contributed by atoms with Crippen LogP contribution in [-0.2, 0) is 25.5 Å². The highest BCUT2D eigenvalue weighted by Gasteiger charge is 2.45. The third-order valence-electron chi connectivity index (χ3n) is 6.21. The summed E-state index contributed by atoms with van der Waals surface area (Å²) in [5.41, 5.74) is 1.31. The zero-order valence-corrected chi connectivity index (χ0v) is 21.5. The van der Waals surface area contributed by atoms with Crippen molar-refractivity contribution in [1.29, 1.82) is 0 Å². The first kappa shape index (κ1) is 24.7. The van der Waals surface area contributed by atoms with Gasteiger partial charge in [-0.15, -0.1) is 0 Å². The predicted octanol–water partition coefficient (Wildman–Crippen LogP) is 3.59. The highest BCUT2D eigenvalue weighted by molar-refractivity contribution is 7.92. The van der Waals surface area contributed by atoms with Gasteiger partial charge in [0.15, 0.2) is 0 Å². The van der Waals surface area contributed by atoms with Crippen LogP contribution in [0.1, 0.15) is 68.8 Å². The van der Waals surface area contributed by atoms with E-state index in [4.69, 9.17) is 4.42 Å². The number of carbonyl (C=O) groups is 1. The van der Waals surface area contributed by atoms with Crippen LogP contribution in [0.4, 0.5) is 11.4 Å². The van der Waals surface area contributed by atoms with Gasteiger partial charge >= 0.3 is 0 Å². The molecule has 0 saturated heterocycles. The molecule has 4 rings (SSSR count). The summed E-state index contributed by atoms with van der Waals surface area (Å²) < 4.78 is 59.1. The molecule has 1 aliphatic heterocycles. The van der Waals surface area contributed by atoms with Crippen molar-refractivity contribution in [2.24, 2.45) is 0 Å². The van der Waals surface area contributed by atoms with Crippen molar-refractivity contribution >= 4 is 37.3 Å². The first-order chi connectivity index (χ1) is 15.7. The third kappa shape index (κ3) is 5.01. The Kier molecular flexibility index (Phi) is 6.10. The fraction of sp³-hybridized carbons (Fsp3) is 0.522. The summed E-state index contributed by atoms with van der Waals surface area (Å²) in [4.78, 5) is 15.2. The normalized spacial score (nSPS) is 18.2. The minimum absolute atomic E-state index is 0.145. The molecule has 2 aliphatic rings. The molecule has 1 aromatic heterocycles. The first-order valence-corrected chi connectivity index (χ1v) is 14.6. The maximum Gasteiger partial charge on any atom is 0.274 e. The Balaban J connectivity index is 1.69. The number of hydrogen-bond donors (Lipinski definition) is 2. The number of rotatable bonds is 5. The van der Waals surface area contributed by atoms with Crippen LogP contribution in [0.25, 0.3) is 0 Å². The van der Waals surface area contributed by atoms with Crippen LogP contribution >= 0.6 is 0 Å². The van der Waals surface area contributed by atoms with Crippen molar-refractivity contribution < 1.29 is 26.0 Å². The second-order valence-electron chi connectivity index (χ2n) is 10.3. The number of nitrogens with zero attached hydrogens (tertiary/aromatic N) is 1. The summed E-state index contributed by atoms with van der Waals surface area (Å²) in [6.07, 6.45) is 7.24. The fourth-order valence-electron chi connectivity index (χ4n) is 4.96. The molecule has 1 fully saturated rings. The van der Waals surface area contributed by atoms with E-state index in [1.54, 1.807) is 37.8 Å². The van der Waals surface area contributed by atoms with E-state index in [1.807, 2.05) is 6.07 Å². The number of sulfonamides is 2. The van der Waals surface area contributed by atoms with Crippen LogP contribution in [-0.4, -0.2) is 41.1 Å². The molecular formula is C23H31N3O6S2. The van der Waals surface area contributed by atoms with Gasteiger partial charge < -0.3 is 9.32 Å². The number of anilines is 2. The van der Waals surface area contributed by atoms with E-state index in [-0.39, 0.29) is 22.0 Å². The molecule has 2 aromatic rings. The lowest BCUT2D eigenvalue weighted by Crippen LogP contribution is -2.40. The molecule has 1 spiro atoms. The fourth-order valence-corrected chi connectivity index (χ4v) is 6.88. The molecule has 11 heteroatoms. The van der Waals surface area contributed by atoms with E-state index >= 15 is 0 Å². The Morgan fingerprint density at radius 1 is 1.06 bits per heavy atom. The number of furan rings is 1. The lowest BCUT2D eigenvalue weighted by molar-refractivity contribution is 0.0981. The Morgan fingerprint density at radius 2 is 1.74 bits per heavy atom. The lowest BCUT2D eigenvalue weighted by Gasteiger charge is -2.34. The molecule has 2 N–H and O–H groups in total. The number of amides is 1. The van der Waals surface area contributed by atoms with E-state index in [0.717, 1.165) is 43.9 Å². The third-order valence-corrected chi connectivity index (χ3v) is 8.44. The number of fused-ring (bicyclic) bond motifs is 2. The van der Waals surface area contributed by atoms with Crippen molar-refractivity contribution in [1.82, 2.24) is 4.72 Å². The van der Waals surface area contributed by atoms with Gasteiger partial charge in [0, 0.05) is 34.9 Å². The van der Waals surface area contributed by atoms with Crippen molar-refractivity contribution in [3.63, 3.8) is 0 Å². The summed E-state index contributed by atoms with van der Waals surface area (Å²) in [5.74, 6) is -0.353. The molecule has 0 unspecified atom stereocenters. The van der Waals surface area contributed by atoms with Crippen LogP contribution < -0.4 is 14.3 Å². The molecule has 0 atom stereocenters. The van der Waals surface area contributed by atoms with Crippen molar-refractivity contribution in [2.75, 3.05) is 22.4 Å². The van der Waals surface area contributed by atoms with Gasteiger partial charge in [-0.2, -0.15) is 0 Å². The summed E-state index contributed by atoms with van der Waals surface area (Å²) in [6.45, 7) is 5.61. The maximum atomic E-state index is 13.5. The van der Waals surface area contributed by atoms with E-state index in [2.05, 4.69) is 9.44 Å². The van der Waals surface area contributed by atoms with Gasteiger partial charge in [0.1, 0.15) is 6.26 Å². The highest BCUT2D eigenvalue weighted by Crippen LogP contribution is 2.50. The van der Waals surface area contributed by atoms with Gasteiger partial charge in [-0.1, -0.05) is 19.3 Å². The molecule has 0 bridgehead atoms. The summed E-state index contributed by atoms with van der Waals surface area (Å²) in [5, 5.41) is -0.315. The Bertz CT molecular complexity index is 1320. The number of carbonyl (C=O) groups excluding carboxylic acids is 1. The van der Waals surface area contributed by atoms with Gasteiger partial charge in [-0.3, -0.25) is 9.52 Å². The van der Waals surface area contributed by atoms with E-state index in [9.17, 15) is 21.6 Å². The lowest BCUT2D eigenvalue weighted by atomic mass is 9.70. The average Bonchev–Trinajstić information content (AvgIpc) is 3.30. The number of benzene rings is 1. The molecule has 1 aromatic carbocycles. The van der Waals surface area contributed by atoms with Crippen molar-refractivity contribution in [3.8, 4) is 0 Å². The Morgan fingerprint density at radius 3 is 2.35 bits per heavy atom. The topological polar surface area (TPSA) is 126 Å². The molecule has 0 radical (unpaired) electrons. The highest BCUT2D eigenvalue weighted by atomic mass is 32.2. The van der Waals surface area contributed by atoms with E-state index in [0.29, 0.717) is 17.9 Å². The first-order valence-electron chi connectivity index (χ1n) is 11.3. The second kappa shape index (κ2) is 8.39. The zero-order chi connectivity index (χ0) is 24.9. The van der Waals surface area contributed by atoms with Crippen LogP contribution in [0.15, 0.2) is 40.0 Å². The molecule has 1 saturated carbocycles. The molecule has 34 heavy (non-hydrogen) atoms. The second-order valence-corrected chi connectivity index (χ2v) is 13.7. The molecule has 186 valence electrons. The van der Waals surface area contributed by atoms with Crippen molar-refractivity contribution in [2.45, 2.75) is 68.9 Å². The van der Waals surface area contributed by atoms with E-state index in [1.165, 1.54) is 12.3 Å². The zero-order valence-electron chi connectivity index (χ0n) is 19.8. The van der Waals surface area contributed by atoms with Crippen LogP contribution in [0.5, 0.6) is 0 Å². The van der Waals surface area contributed by atoms with Gasteiger partial charge in [-0.05, 0) is 57.4 Å². The molecular weight excluding hydrogens is 478 g/mol. The van der Waals surface area contributed by atoms with Crippen LogP contribution in [0.2, 0.25) is 0 Å². The predicted molar refractivity (Wildman–Crippen MR) is 130 cm³/mol. The monoisotopic (exact) mass is 509 g/mol. The van der Waals surface area contributed by atoms with Crippen LogP contribution in [0.3, 0.4) is 0 Å². The average molecular weight is 510 g/mol. The van der Waals surface area contributed by atoms with Crippen molar-refractivity contribution in [3.05, 3.63) is 41.7 Å². The smallest absolute Gasteiger partial charge is 0.274 e. The number of hydrogen-bond acceptors (Lipinski definition) is 6. The number of nitrogens with one attached hydrogen (secondary N) is 2. The van der Waals surface area contributed by atoms with Gasteiger partial charge in [0.05, 0.1) is 11.8 Å². The van der Waals surface area contributed by atoms with E-state index < -0.39 is 25.6 Å². The SMILES string of the molecule is CC(C)(C)NS(=O)(=O)c1cc(C(=O)N2CC3(CCCCC3)c3cc(NS(C)(=O)=O)ccc32)co1. The maximum absolute atomic E-state index is 13.5. The Hall–Kier alpha value is -2.37. The molecule has 9 nitrogen and oxygen atoms in total. The van der Waals surface area contributed by atoms with Gasteiger partial charge in [-0.25, -0.2) is 21.6 Å². The summed E-state index contributed by atoms with van der Waals surface area (Å²) in [7, 11) is -7.36. The van der Waals surface area contributed by atoms with Gasteiger partial charge in [0.25, 0.3) is 15.9 Å². The summed E-state index contributed by atoms with van der Waals surface area (Å²) >= 11 is 0. The van der Waals surface area contributed by atoms with Crippen LogP contribution in [0, 0.1) is 0 Å². The molecule has 2 heterocycles. The Labute approximate surface area is 201 Å². The quantitative estimate of drug-likeness (QED) is 0.634. The summed E-state index contributed by atoms with van der Waals surface area (Å²) in [6, 6.07) is 6.47. The molecule has 1 aliphatic carbocycles. The minimum Gasteiger partial charge on any atom is -0.451 e. The van der Waals surface area contributed by atoms with Gasteiger partial charge in [0.2, 0.25) is 15.1 Å². The molecule has 1 amide bonds. The largest absolute Gasteiger partial charge is 0.451 e. The minimum atomic E-state index is -3.92.